The molecule has 2 N–H and O–H groups in total. The summed E-state index contributed by atoms with van der Waals surface area (Å²) in [6, 6.07) is 0. The van der Waals surface area contributed by atoms with E-state index >= 15 is 0 Å². The zero-order chi connectivity index (χ0) is 13.6. The molecule has 0 aliphatic rings. The summed E-state index contributed by atoms with van der Waals surface area (Å²) in [6.07, 6.45) is 0.914. The topological polar surface area (TPSA) is 66.4 Å². The monoisotopic (exact) mass is 243 g/mol. The maximum absolute atomic E-state index is 11.6. The molecule has 0 aromatic heterocycles. The molecule has 0 aliphatic carbocycles. The Labute approximate surface area is 104 Å². The number of aliphatic carboxylic acids is 1. The van der Waals surface area contributed by atoms with Gasteiger partial charge in [0.15, 0.2) is 0 Å². The van der Waals surface area contributed by atoms with Crippen LogP contribution in [0.3, 0.4) is 0 Å². The van der Waals surface area contributed by atoms with Gasteiger partial charge < -0.3 is 10.4 Å². The van der Waals surface area contributed by atoms with Gasteiger partial charge in [-0.2, -0.15) is 0 Å². The molecule has 0 spiro atoms. The minimum atomic E-state index is -0.936. The first kappa shape index (κ1) is 15.9. The minimum absolute atomic E-state index is 0.0484. The Morgan fingerprint density at radius 2 is 1.76 bits per heavy atom. The third-order valence-electron chi connectivity index (χ3n) is 2.63. The van der Waals surface area contributed by atoms with Crippen LogP contribution in [0.2, 0.25) is 0 Å². The highest BCUT2D eigenvalue weighted by molar-refractivity contribution is 5.82. The molecule has 1 amide bonds. The van der Waals surface area contributed by atoms with Crippen molar-refractivity contribution in [3.8, 4) is 0 Å². The highest BCUT2D eigenvalue weighted by Gasteiger charge is 2.22. The van der Waals surface area contributed by atoms with Crippen LogP contribution < -0.4 is 5.32 Å². The number of hydrogen-bond acceptors (Lipinski definition) is 2. The van der Waals surface area contributed by atoms with Gasteiger partial charge in [0.05, 0.1) is 6.42 Å². The van der Waals surface area contributed by atoms with Crippen LogP contribution in [0, 0.1) is 17.3 Å². The minimum Gasteiger partial charge on any atom is -0.481 e. The molecule has 100 valence electrons. The zero-order valence-electron chi connectivity index (χ0n) is 11.5. The van der Waals surface area contributed by atoms with E-state index in [9.17, 15) is 9.59 Å². The van der Waals surface area contributed by atoms with Gasteiger partial charge in [0.1, 0.15) is 0 Å². The lowest BCUT2D eigenvalue weighted by Gasteiger charge is -2.27. The Kier molecular flexibility index (Phi) is 6.21. The van der Waals surface area contributed by atoms with E-state index in [1.807, 2.05) is 0 Å². The van der Waals surface area contributed by atoms with Crippen molar-refractivity contribution in [2.75, 3.05) is 6.54 Å². The lowest BCUT2D eigenvalue weighted by Crippen LogP contribution is -2.38. The van der Waals surface area contributed by atoms with Gasteiger partial charge in [-0.1, -0.05) is 34.6 Å². The normalized spacial score (nSPS) is 13.5. The van der Waals surface area contributed by atoms with E-state index < -0.39 is 11.9 Å². The standard InChI is InChI=1S/C13H25NO3/c1-9(2)7-13(4,5)8-14-12(17)10(3)6-11(15)16/h9-10H,6-8H2,1-5H3,(H,14,17)(H,15,16). The fraction of sp³-hybridized carbons (Fsp3) is 0.846. The first-order valence-corrected chi connectivity index (χ1v) is 6.13. The Morgan fingerprint density at radius 3 is 2.18 bits per heavy atom. The largest absolute Gasteiger partial charge is 0.481 e. The molecule has 0 heterocycles. The van der Waals surface area contributed by atoms with Crippen LogP contribution in [-0.2, 0) is 9.59 Å². The molecule has 0 bridgehead atoms. The van der Waals surface area contributed by atoms with Crippen LogP contribution >= 0.6 is 0 Å². The van der Waals surface area contributed by atoms with Crippen LogP contribution in [0.1, 0.15) is 47.5 Å². The maximum atomic E-state index is 11.6. The Bertz CT molecular complexity index is 272. The summed E-state index contributed by atoms with van der Waals surface area (Å²) >= 11 is 0. The number of nitrogens with one attached hydrogen (secondary N) is 1. The number of hydrogen-bond donors (Lipinski definition) is 2. The molecule has 0 saturated carbocycles. The summed E-state index contributed by atoms with van der Waals surface area (Å²) in [6.45, 7) is 10.7. The van der Waals surface area contributed by atoms with Crippen LogP contribution in [-0.4, -0.2) is 23.5 Å². The average molecular weight is 243 g/mol. The first-order chi connectivity index (χ1) is 7.64. The van der Waals surface area contributed by atoms with Crippen molar-refractivity contribution in [2.24, 2.45) is 17.3 Å². The summed E-state index contributed by atoms with van der Waals surface area (Å²) in [5, 5.41) is 11.4. The second-order valence-corrected chi connectivity index (χ2v) is 5.98. The maximum Gasteiger partial charge on any atom is 0.304 e. The van der Waals surface area contributed by atoms with E-state index in [2.05, 4.69) is 33.0 Å². The van der Waals surface area contributed by atoms with Crippen LogP contribution in [0.25, 0.3) is 0 Å². The lowest BCUT2D eigenvalue weighted by atomic mass is 9.84. The number of carbonyl (C=O) groups is 2. The molecular weight excluding hydrogens is 218 g/mol. The summed E-state index contributed by atoms with van der Waals surface area (Å²) in [5.41, 5.74) is 0.0484. The van der Waals surface area contributed by atoms with Crippen molar-refractivity contribution in [2.45, 2.75) is 47.5 Å². The van der Waals surface area contributed by atoms with Gasteiger partial charge in [0, 0.05) is 12.5 Å². The summed E-state index contributed by atoms with van der Waals surface area (Å²) in [4.78, 5) is 22.1. The van der Waals surface area contributed by atoms with Crippen LogP contribution in [0.5, 0.6) is 0 Å². The Balaban J connectivity index is 4.10. The predicted molar refractivity (Wildman–Crippen MR) is 67.7 cm³/mol. The average Bonchev–Trinajstić information content (AvgIpc) is 2.11. The van der Waals surface area contributed by atoms with E-state index in [-0.39, 0.29) is 17.7 Å². The third-order valence-corrected chi connectivity index (χ3v) is 2.63. The molecule has 4 nitrogen and oxygen atoms in total. The van der Waals surface area contributed by atoms with E-state index in [4.69, 9.17) is 5.11 Å². The van der Waals surface area contributed by atoms with E-state index in [0.717, 1.165) is 6.42 Å². The van der Waals surface area contributed by atoms with Crippen LogP contribution in [0.15, 0.2) is 0 Å². The molecular formula is C13H25NO3. The Morgan fingerprint density at radius 1 is 1.24 bits per heavy atom. The van der Waals surface area contributed by atoms with E-state index in [1.54, 1.807) is 6.92 Å². The molecule has 0 fully saturated rings. The second kappa shape index (κ2) is 6.62. The Hall–Kier alpha value is -1.06. The number of rotatable bonds is 7. The summed E-state index contributed by atoms with van der Waals surface area (Å²) in [7, 11) is 0. The molecule has 0 aromatic rings. The van der Waals surface area contributed by atoms with Crippen LogP contribution in [0.4, 0.5) is 0 Å². The number of carboxylic acid groups (broad SMARTS) is 1. The zero-order valence-corrected chi connectivity index (χ0v) is 11.5. The van der Waals surface area contributed by atoms with Gasteiger partial charge in [0.25, 0.3) is 0 Å². The smallest absolute Gasteiger partial charge is 0.304 e. The fourth-order valence-electron chi connectivity index (χ4n) is 2.03. The van der Waals surface area contributed by atoms with Gasteiger partial charge in [-0.3, -0.25) is 9.59 Å². The number of carbonyl (C=O) groups excluding carboxylic acids is 1. The van der Waals surface area contributed by atoms with Crippen molar-refractivity contribution in [1.29, 1.82) is 0 Å². The molecule has 0 aliphatic heterocycles. The molecule has 0 saturated heterocycles. The van der Waals surface area contributed by atoms with E-state index in [1.165, 1.54) is 0 Å². The van der Waals surface area contributed by atoms with Gasteiger partial charge in [-0.25, -0.2) is 0 Å². The van der Waals surface area contributed by atoms with Crippen molar-refractivity contribution < 1.29 is 14.7 Å². The quantitative estimate of drug-likeness (QED) is 0.721. The number of amides is 1. The lowest BCUT2D eigenvalue weighted by molar-refractivity contribution is -0.140. The van der Waals surface area contributed by atoms with E-state index in [0.29, 0.717) is 12.5 Å². The highest BCUT2D eigenvalue weighted by Crippen LogP contribution is 2.24. The molecule has 0 aromatic carbocycles. The fourth-order valence-corrected chi connectivity index (χ4v) is 2.03. The molecule has 17 heavy (non-hydrogen) atoms. The third kappa shape index (κ3) is 7.77. The molecule has 1 atom stereocenters. The SMILES string of the molecule is CC(C)CC(C)(C)CNC(=O)C(C)CC(=O)O. The second-order valence-electron chi connectivity index (χ2n) is 5.98. The summed E-state index contributed by atoms with van der Waals surface area (Å²) in [5.74, 6) is -1.00. The van der Waals surface area contributed by atoms with Crippen molar-refractivity contribution >= 4 is 11.9 Å². The molecule has 0 rings (SSSR count). The van der Waals surface area contributed by atoms with Crippen molar-refractivity contribution in [3.63, 3.8) is 0 Å². The predicted octanol–water partition coefficient (Wildman–Crippen LogP) is 2.29. The summed E-state index contributed by atoms with van der Waals surface area (Å²) < 4.78 is 0. The van der Waals surface area contributed by atoms with Crippen molar-refractivity contribution in [3.05, 3.63) is 0 Å². The van der Waals surface area contributed by atoms with Crippen molar-refractivity contribution in [1.82, 2.24) is 5.32 Å². The highest BCUT2D eigenvalue weighted by atomic mass is 16.4. The molecule has 0 radical (unpaired) electrons. The van der Waals surface area contributed by atoms with Gasteiger partial charge in [0.2, 0.25) is 5.91 Å². The molecule has 4 heteroatoms. The van der Waals surface area contributed by atoms with Gasteiger partial charge >= 0.3 is 5.97 Å². The first-order valence-electron chi connectivity index (χ1n) is 6.13. The van der Waals surface area contributed by atoms with Gasteiger partial charge in [-0.15, -0.1) is 0 Å². The van der Waals surface area contributed by atoms with Gasteiger partial charge in [-0.05, 0) is 17.8 Å². The number of carboxylic acids is 1. The molecule has 1 unspecified atom stereocenters.